The Bertz CT molecular complexity index is 756. The Hall–Kier alpha value is -2.89. The Labute approximate surface area is 146 Å². The van der Waals surface area contributed by atoms with E-state index in [1.807, 2.05) is 19.1 Å². The summed E-state index contributed by atoms with van der Waals surface area (Å²) >= 11 is 0. The van der Waals surface area contributed by atoms with Crippen molar-refractivity contribution in [1.82, 2.24) is 0 Å². The zero-order valence-corrected chi connectivity index (χ0v) is 14.6. The molecule has 0 saturated carbocycles. The molecule has 0 heterocycles. The number of amides is 2. The molecule has 0 bridgehead atoms. The van der Waals surface area contributed by atoms with Crippen LogP contribution in [0, 0.1) is 12.7 Å². The number of carbonyl (C=O) groups is 2. The average Bonchev–Trinajstić information content (AvgIpc) is 2.60. The Morgan fingerprint density at radius 2 is 1.56 bits per heavy atom. The Morgan fingerprint density at radius 3 is 2.12 bits per heavy atom. The number of hydrogen-bond acceptors (Lipinski definition) is 3. The molecule has 2 rings (SSSR count). The predicted molar refractivity (Wildman–Crippen MR) is 98.4 cm³/mol. The number of aryl methyl sites for hydroxylation is 1. The molecule has 0 aliphatic heterocycles. The van der Waals surface area contributed by atoms with Crippen LogP contribution in [0.15, 0.2) is 42.5 Å². The van der Waals surface area contributed by atoms with Crippen LogP contribution in [-0.4, -0.2) is 24.9 Å². The highest BCUT2D eigenvalue weighted by Gasteiger charge is 2.15. The maximum Gasteiger partial charge on any atom is 0.314 e. The van der Waals surface area contributed by atoms with Gasteiger partial charge in [0.05, 0.1) is 0 Å². The Balaban J connectivity index is 2.04. The third-order valence-electron chi connectivity index (χ3n) is 3.90. The van der Waals surface area contributed by atoms with Crippen molar-refractivity contribution in [2.45, 2.75) is 20.8 Å². The van der Waals surface area contributed by atoms with Crippen LogP contribution in [0.2, 0.25) is 0 Å². The summed E-state index contributed by atoms with van der Waals surface area (Å²) in [6.45, 7) is 7.81. The zero-order valence-electron chi connectivity index (χ0n) is 14.6. The van der Waals surface area contributed by atoms with Crippen molar-refractivity contribution in [3.63, 3.8) is 0 Å². The van der Waals surface area contributed by atoms with Gasteiger partial charge in [-0.2, -0.15) is 0 Å². The van der Waals surface area contributed by atoms with Gasteiger partial charge in [-0.15, -0.1) is 0 Å². The lowest BCUT2D eigenvalue weighted by atomic mass is 10.1. The van der Waals surface area contributed by atoms with Gasteiger partial charge in [0.15, 0.2) is 0 Å². The van der Waals surface area contributed by atoms with E-state index in [-0.39, 0.29) is 0 Å². The number of anilines is 3. The lowest BCUT2D eigenvalue weighted by molar-refractivity contribution is -0.133. The number of nitrogens with zero attached hydrogens (tertiary/aromatic N) is 1. The minimum absolute atomic E-state index is 0.357. The lowest BCUT2D eigenvalue weighted by Crippen LogP contribution is -2.29. The van der Waals surface area contributed by atoms with Gasteiger partial charge in [-0.1, -0.05) is 0 Å². The molecule has 2 N–H and O–H groups in total. The van der Waals surface area contributed by atoms with E-state index in [0.29, 0.717) is 11.4 Å². The van der Waals surface area contributed by atoms with Gasteiger partial charge in [0.2, 0.25) is 0 Å². The molecule has 0 aliphatic rings. The summed E-state index contributed by atoms with van der Waals surface area (Å²) in [7, 11) is 0. The van der Waals surface area contributed by atoms with Gasteiger partial charge in [-0.3, -0.25) is 9.59 Å². The van der Waals surface area contributed by atoms with E-state index in [1.165, 1.54) is 24.3 Å². The smallest absolute Gasteiger partial charge is 0.314 e. The molecule has 132 valence electrons. The molecule has 6 heteroatoms. The highest BCUT2D eigenvalue weighted by molar-refractivity contribution is 6.43. The summed E-state index contributed by atoms with van der Waals surface area (Å²) in [6, 6.07) is 10.9. The van der Waals surface area contributed by atoms with Crippen LogP contribution in [0.4, 0.5) is 21.5 Å². The third-order valence-corrected chi connectivity index (χ3v) is 3.90. The van der Waals surface area contributed by atoms with Crippen LogP contribution >= 0.6 is 0 Å². The molecule has 0 atom stereocenters. The summed E-state index contributed by atoms with van der Waals surface area (Å²) in [5.41, 5.74) is 2.87. The molecule has 2 amide bonds. The van der Waals surface area contributed by atoms with Crippen LogP contribution in [0.3, 0.4) is 0 Å². The molecule has 2 aromatic rings. The maximum atomic E-state index is 12.9. The Morgan fingerprint density at radius 1 is 0.960 bits per heavy atom. The van der Waals surface area contributed by atoms with E-state index in [1.54, 1.807) is 6.07 Å². The average molecular weight is 343 g/mol. The number of halogens is 1. The van der Waals surface area contributed by atoms with E-state index < -0.39 is 17.6 Å². The standard InChI is InChI=1S/C19H22FN3O2/c1-4-23(5-2)16-10-11-17(13(3)12-16)22-19(25)18(24)21-15-8-6-14(20)7-9-15/h6-12H,4-5H2,1-3H3,(H,21,24)(H,22,25). The van der Waals surface area contributed by atoms with Crippen molar-refractivity contribution in [1.29, 1.82) is 0 Å². The summed E-state index contributed by atoms with van der Waals surface area (Å²) in [5, 5.41) is 5.03. The molecule has 25 heavy (non-hydrogen) atoms. The first kappa shape index (κ1) is 18.4. The van der Waals surface area contributed by atoms with Gasteiger partial charge in [-0.05, 0) is 68.8 Å². The lowest BCUT2D eigenvalue weighted by Gasteiger charge is -2.22. The molecule has 0 aliphatic carbocycles. The number of rotatable bonds is 5. The first-order chi connectivity index (χ1) is 11.9. The van der Waals surface area contributed by atoms with Crippen molar-refractivity contribution in [3.05, 3.63) is 53.8 Å². The second-order valence-corrected chi connectivity index (χ2v) is 5.59. The number of carbonyl (C=O) groups excluding carboxylic acids is 2. The van der Waals surface area contributed by atoms with Gasteiger partial charge in [-0.25, -0.2) is 4.39 Å². The molecule has 2 aromatic carbocycles. The highest BCUT2D eigenvalue weighted by atomic mass is 19.1. The SMILES string of the molecule is CCN(CC)c1ccc(NC(=O)C(=O)Nc2ccc(F)cc2)c(C)c1. The minimum atomic E-state index is -0.807. The van der Waals surface area contributed by atoms with Crippen LogP contribution in [0.1, 0.15) is 19.4 Å². The first-order valence-electron chi connectivity index (χ1n) is 8.18. The molecule has 0 aromatic heterocycles. The number of nitrogens with one attached hydrogen (secondary N) is 2. The van der Waals surface area contributed by atoms with E-state index >= 15 is 0 Å². The molecule has 0 radical (unpaired) electrons. The molecular weight excluding hydrogens is 321 g/mol. The molecule has 0 spiro atoms. The summed E-state index contributed by atoms with van der Waals surface area (Å²) in [5.74, 6) is -1.99. The van der Waals surface area contributed by atoms with Crippen LogP contribution < -0.4 is 15.5 Å². The van der Waals surface area contributed by atoms with E-state index in [4.69, 9.17) is 0 Å². The van der Waals surface area contributed by atoms with Crippen molar-refractivity contribution in [3.8, 4) is 0 Å². The maximum absolute atomic E-state index is 12.9. The molecule has 0 saturated heterocycles. The molecule has 5 nitrogen and oxygen atoms in total. The third kappa shape index (κ3) is 4.79. The van der Waals surface area contributed by atoms with Crippen molar-refractivity contribution < 1.29 is 14.0 Å². The summed E-state index contributed by atoms with van der Waals surface area (Å²) in [4.78, 5) is 26.2. The fourth-order valence-corrected chi connectivity index (χ4v) is 2.47. The van der Waals surface area contributed by atoms with Gasteiger partial charge in [0, 0.05) is 30.2 Å². The molecule has 0 unspecified atom stereocenters. The normalized spacial score (nSPS) is 10.2. The van der Waals surface area contributed by atoms with Crippen LogP contribution in [0.25, 0.3) is 0 Å². The Kier molecular flexibility index (Phi) is 6.11. The largest absolute Gasteiger partial charge is 0.372 e. The van der Waals surface area contributed by atoms with E-state index in [9.17, 15) is 14.0 Å². The van der Waals surface area contributed by atoms with Crippen LogP contribution in [0.5, 0.6) is 0 Å². The van der Waals surface area contributed by atoms with Gasteiger partial charge < -0.3 is 15.5 Å². The number of benzene rings is 2. The highest BCUT2D eigenvalue weighted by Crippen LogP contribution is 2.22. The van der Waals surface area contributed by atoms with Gasteiger partial charge in [0.25, 0.3) is 0 Å². The quantitative estimate of drug-likeness (QED) is 0.816. The first-order valence-corrected chi connectivity index (χ1v) is 8.18. The number of hydrogen-bond donors (Lipinski definition) is 2. The van der Waals surface area contributed by atoms with Crippen LogP contribution in [-0.2, 0) is 9.59 Å². The van der Waals surface area contributed by atoms with E-state index in [0.717, 1.165) is 24.3 Å². The van der Waals surface area contributed by atoms with Gasteiger partial charge in [0.1, 0.15) is 5.82 Å². The minimum Gasteiger partial charge on any atom is -0.372 e. The molecule has 0 fully saturated rings. The second-order valence-electron chi connectivity index (χ2n) is 5.59. The fourth-order valence-electron chi connectivity index (χ4n) is 2.47. The zero-order chi connectivity index (χ0) is 18.4. The second kappa shape index (κ2) is 8.28. The summed E-state index contributed by atoms with van der Waals surface area (Å²) < 4.78 is 12.9. The van der Waals surface area contributed by atoms with E-state index in [2.05, 4.69) is 29.4 Å². The van der Waals surface area contributed by atoms with Crippen molar-refractivity contribution in [2.75, 3.05) is 28.6 Å². The fraction of sp³-hybridized carbons (Fsp3) is 0.263. The summed E-state index contributed by atoms with van der Waals surface area (Å²) in [6.07, 6.45) is 0. The molecular formula is C19H22FN3O2. The van der Waals surface area contributed by atoms with Gasteiger partial charge >= 0.3 is 11.8 Å². The monoisotopic (exact) mass is 343 g/mol. The van der Waals surface area contributed by atoms with Crippen molar-refractivity contribution in [2.24, 2.45) is 0 Å². The predicted octanol–water partition coefficient (Wildman–Crippen LogP) is 3.56. The topological polar surface area (TPSA) is 61.4 Å². The van der Waals surface area contributed by atoms with Crippen molar-refractivity contribution >= 4 is 28.9 Å².